The summed E-state index contributed by atoms with van der Waals surface area (Å²) in [5.41, 5.74) is 3.49. The Kier molecular flexibility index (Phi) is 5.93. The van der Waals surface area contributed by atoms with Gasteiger partial charge in [0.05, 0.1) is 5.56 Å². The average molecular weight is 498 g/mol. The summed E-state index contributed by atoms with van der Waals surface area (Å²) in [6, 6.07) is 3.62. The number of phenols is 1. The number of aliphatic hydroxyl groups excluding tert-OH is 2. The summed E-state index contributed by atoms with van der Waals surface area (Å²) in [7, 11) is 2.09. The van der Waals surface area contributed by atoms with E-state index in [1.807, 2.05) is 0 Å². The summed E-state index contributed by atoms with van der Waals surface area (Å²) in [6.07, 6.45) is 2.14. The van der Waals surface area contributed by atoms with Crippen molar-refractivity contribution in [1.82, 2.24) is 10.2 Å². The number of amides is 1. The quantitative estimate of drug-likeness (QED) is 0.326. The normalized spacial score (nSPS) is 29.2. The molecular formula is C26H31N3O7. The molecule has 3 aliphatic carbocycles. The van der Waals surface area contributed by atoms with Crippen molar-refractivity contribution in [2.24, 2.45) is 17.6 Å². The van der Waals surface area contributed by atoms with Gasteiger partial charge in [0.15, 0.2) is 11.4 Å². The van der Waals surface area contributed by atoms with Gasteiger partial charge in [0.2, 0.25) is 5.78 Å². The Hall–Kier alpha value is -3.21. The summed E-state index contributed by atoms with van der Waals surface area (Å²) >= 11 is 0. The number of nitrogens with two attached hydrogens (primary N) is 1. The highest BCUT2D eigenvalue weighted by atomic mass is 16.3. The van der Waals surface area contributed by atoms with Crippen LogP contribution in [0.5, 0.6) is 5.75 Å². The molecule has 1 aromatic rings. The van der Waals surface area contributed by atoms with Crippen molar-refractivity contribution in [2.45, 2.75) is 50.3 Å². The van der Waals surface area contributed by atoms with E-state index in [4.69, 9.17) is 5.73 Å². The largest absolute Gasteiger partial charge is 0.508 e. The third kappa shape index (κ3) is 3.63. The number of benzene rings is 1. The van der Waals surface area contributed by atoms with Crippen LogP contribution >= 0.6 is 0 Å². The summed E-state index contributed by atoms with van der Waals surface area (Å²) in [4.78, 5) is 40.1. The lowest BCUT2D eigenvalue weighted by Crippen LogP contribution is -2.58. The van der Waals surface area contributed by atoms with E-state index in [0.717, 1.165) is 31.5 Å². The summed E-state index contributed by atoms with van der Waals surface area (Å²) in [5.74, 6) is -6.16. The van der Waals surface area contributed by atoms with Crippen molar-refractivity contribution in [3.8, 4) is 5.75 Å². The molecule has 1 saturated heterocycles. The Bertz CT molecular complexity index is 1230. The highest BCUT2D eigenvalue weighted by Crippen LogP contribution is 2.52. The molecule has 0 spiro atoms. The molecule has 1 amide bonds. The molecule has 36 heavy (non-hydrogen) atoms. The van der Waals surface area contributed by atoms with Crippen LogP contribution in [0, 0.1) is 11.8 Å². The minimum Gasteiger partial charge on any atom is -0.508 e. The first kappa shape index (κ1) is 24.5. The number of carbonyl (C=O) groups excluding carboxylic acids is 3. The van der Waals surface area contributed by atoms with Gasteiger partial charge < -0.3 is 36.4 Å². The van der Waals surface area contributed by atoms with Crippen molar-refractivity contribution >= 4 is 23.2 Å². The molecular weight excluding hydrogens is 466 g/mol. The van der Waals surface area contributed by atoms with E-state index in [1.165, 1.54) is 6.07 Å². The zero-order valence-electron chi connectivity index (χ0n) is 20.1. The third-order valence-electron chi connectivity index (χ3n) is 8.34. The number of rotatable bonds is 4. The smallest absolute Gasteiger partial charge is 0.255 e. The number of nitrogens with one attached hydrogen (secondary N) is 1. The number of aliphatic hydroxyl groups is 3. The first-order valence-electron chi connectivity index (χ1n) is 12.3. The van der Waals surface area contributed by atoms with E-state index in [1.54, 1.807) is 6.07 Å². The Morgan fingerprint density at radius 2 is 1.86 bits per heavy atom. The van der Waals surface area contributed by atoms with Crippen molar-refractivity contribution in [3.05, 3.63) is 45.7 Å². The number of hydrogen-bond donors (Lipinski definition) is 6. The Balaban J connectivity index is 1.52. The number of primary amides is 1. The van der Waals surface area contributed by atoms with Crippen molar-refractivity contribution in [3.63, 3.8) is 0 Å². The van der Waals surface area contributed by atoms with Crippen LogP contribution in [0.1, 0.15) is 42.4 Å². The first-order valence-corrected chi connectivity index (χ1v) is 12.3. The summed E-state index contributed by atoms with van der Waals surface area (Å²) in [6.45, 7) is 2.53. The minimum absolute atomic E-state index is 0.123. The van der Waals surface area contributed by atoms with Gasteiger partial charge in [-0.3, -0.25) is 14.4 Å². The lowest BCUT2D eigenvalue weighted by molar-refractivity contribution is -0.147. The fourth-order valence-corrected chi connectivity index (χ4v) is 6.32. The van der Waals surface area contributed by atoms with Crippen molar-refractivity contribution in [1.29, 1.82) is 0 Å². The number of phenolic OH excluding ortho intramolecular Hbond substituents is 1. The lowest BCUT2D eigenvalue weighted by atomic mass is 9.59. The number of Topliss-reactive ketones (excluding diaryl/α,β-unsaturated/α-hetero) is 2. The van der Waals surface area contributed by atoms with Gasteiger partial charge >= 0.3 is 0 Å². The van der Waals surface area contributed by atoms with E-state index < -0.39 is 52.0 Å². The van der Waals surface area contributed by atoms with E-state index in [2.05, 4.69) is 17.3 Å². The number of aromatic hydroxyl groups is 1. The molecule has 5 rings (SSSR count). The predicted octanol–water partition coefficient (Wildman–Crippen LogP) is 0.608. The predicted molar refractivity (Wildman–Crippen MR) is 129 cm³/mol. The molecule has 1 heterocycles. The molecule has 4 aliphatic rings. The van der Waals surface area contributed by atoms with E-state index >= 15 is 0 Å². The second-order valence-corrected chi connectivity index (χ2v) is 10.5. The molecule has 10 nitrogen and oxygen atoms in total. The summed E-state index contributed by atoms with van der Waals surface area (Å²) in [5, 5.41) is 47.3. The number of fused-ring (bicyclic) bond motifs is 3. The maximum Gasteiger partial charge on any atom is 0.255 e. The standard InChI is InChI=1S/C26H31N3O7/c1-29-6-4-15(5-7-29)28-11-12-2-3-17(30)20-16(12)9-13-8-14-10-18(31)21(25(27)35)24(34)26(14,36)23(33)19(13)22(20)32/h2-3,13-15,28,30,32,34,36H,4-11H2,1H3,(H2,27,35)/t13-,14+,26+/m1/s1. The van der Waals surface area contributed by atoms with Crippen LogP contribution in [0.4, 0.5) is 0 Å². The molecule has 3 atom stereocenters. The molecule has 0 unspecified atom stereocenters. The highest BCUT2D eigenvalue weighted by molar-refractivity contribution is 6.22. The molecule has 192 valence electrons. The molecule has 10 heteroatoms. The number of likely N-dealkylation sites (tertiary alicyclic amines) is 1. The van der Waals surface area contributed by atoms with Gasteiger partial charge in [-0.1, -0.05) is 6.07 Å². The van der Waals surface area contributed by atoms with Crippen LogP contribution < -0.4 is 11.1 Å². The van der Waals surface area contributed by atoms with Crippen LogP contribution in [-0.2, 0) is 27.3 Å². The lowest BCUT2D eigenvalue weighted by Gasteiger charge is -2.46. The molecule has 1 aromatic carbocycles. The van der Waals surface area contributed by atoms with Crippen LogP contribution in [-0.4, -0.2) is 74.6 Å². The van der Waals surface area contributed by atoms with E-state index in [-0.39, 0.29) is 29.7 Å². The molecule has 0 aromatic heterocycles. The number of nitrogens with zero attached hydrogens (tertiary/aromatic N) is 1. The molecule has 1 aliphatic heterocycles. The molecule has 2 fully saturated rings. The summed E-state index contributed by atoms with van der Waals surface area (Å²) < 4.78 is 0. The van der Waals surface area contributed by atoms with Gasteiger partial charge in [-0.15, -0.1) is 0 Å². The van der Waals surface area contributed by atoms with Gasteiger partial charge in [-0.25, -0.2) is 0 Å². The average Bonchev–Trinajstić information content (AvgIpc) is 2.81. The topological polar surface area (TPSA) is 173 Å². The van der Waals surface area contributed by atoms with Gasteiger partial charge in [0.25, 0.3) is 5.91 Å². The second kappa shape index (κ2) is 8.72. The number of ketones is 2. The molecule has 7 N–H and O–H groups in total. The highest BCUT2D eigenvalue weighted by Gasteiger charge is 2.60. The fraction of sp³-hybridized carbons (Fsp3) is 0.500. The monoisotopic (exact) mass is 497 g/mol. The fourth-order valence-electron chi connectivity index (χ4n) is 6.32. The van der Waals surface area contributed by atoms with Crippen LogP contribution in [0.25, 0.3) is 5.76 Å². The Labute approximate surface area is 208 Å². The third-order valence-corrected chi connectivity index (χ3v) is 8.34. The van der Waals surface area contributed by atoms with Crippen LogP contribution in [0.3, 0.4) is 0 Å². The van der Waals surface area contributed by atoms with Crippen LogP contribution in [0.2, 0.25) is 0 Å². The van der Waals surface area contributed by atoms with Crippen molar-refractivity contribution < 1.29 is 34.8 Å². The Morgan fingerprint density at radius 1 is 1.17 bits per heavy atom. The van der Waals surface area contributed by atoms with E-state index in [9.17, 15) is 34.8 Å². The number of carbonyl (C=O) groups is 3. The zero-order valence-corrected chi connectivity index (χ0v) is 20.1. The van der Waals surface area contributed by atoms with Gasteiger partial charge in [0, 0.05) is 30.5 Å². The zero-order chi connectivity index (χ0) is 25.9. The minimum atomic E-state index is -2.54. The van der Waals surface area contributed by atoms with Gasteiger partial charge in [0.1, 0.15) is 22.8 Å². The number of hydrogen-bond acceptors (Lipinski definition) is 9. The van der Waals surface area contributed by atoms with Gasteiger partial charge in [-0.2, -0.15) is 0 Å². The maximum absolute atomic E-state index is 13.6. The first-order chi connectivity index (χ1) is 17.0. The maximum atomic E-state index is 13.6. The molecule has 0 radical (unpaired) electrons. The Morgan fingerprint density at radius 3 is 2.53 bits per heavy atom. The van der Waals surface area contributed by atoms with Gasteiger partial charge in [-0.05, 0) is 68.9 Å². The van der Waals surface area contributed by atoms with Crippen molar-refractivity contribution in [2.75, 3.05) is 20.1 Å². The molecule has 1 saturated carbocycles. The second-order valence-electron chi connectivity index (χ2n) is 10.5. The number of piperidine rings is 1. The van der Waals surface area contributed by atoms with Crippen LogP contribution in [0.15, 0.2) is 29.0 Å². The van der Waals surface area contributed by atoms with E-state index in [0.29, 0.717) is 24.6 Å². The SMILES string of the molecule is CN1CCC(NCc2ccc(O)c3c2C[C@H]2C[C@H]4CC(=O)C(C(N)=O)=C(O)[C@@]4(O)C(=O)C2=C3O)CC1. The molecule has 0 bridgehead atoms.